The van der Waals surface area contributed by atoms with Gasteiger partial charge in [0, 0.05) is 17.8 Å². The first kappa shape index (κ1) is 26.8. The summed E-state index contributed by atoms with van der Waals surface area (Å²) >= 11 is 6.71. The number of thioether (sulfide) groups is 1. The van der Waals surface area contributed by atoms with Crippen LogP contribution in [-0.4, -0.2) is 34.8 Å². The molecule has 9 nitrogen and oxygen atoms in total. The minimum atomic E-state index is -0.542. The molecule has 0 atom stereocenters. The molecule has 1 aliphatic heterocycles. The number of ether oxygens (including phenoxy) is 2. The number of hydrogen-bond acceptors (Lipinski definition) is 8. The molecule has 2 amide bonds. The van der Waals surface area contributed by atoms with E-state index in [0.29, 0.717) is 26.3 Å². The predicted octanol–water partition coefficient (Wildman–Crippen LogP) is 5.64. The van der Waals surface area contributed by atoms with Crippen LogP contribution in [-0.2, 0) is 9.59 Å². The van der Waals surface area contributed by atoms with Gasteiger partial charge in [0.05, 0.1) is 22.6 Å². The summed E-state index contributed by atoms with van der Waals surface area (Å²) in [5, 5.41) is 13.5. The molecule has 38 heavy (non-hydrogen) atoms. The average Bonchev–Trinajstić information content (AvgIpc) is 3.15. The molecule has 1 fully saturated rings. The van der Waals surface area contributed by atoms with Crippen molar-refractivity contribution in [1.29, 1.82) is 0 Å². The second-order valence-corrected chi connectivity index (χ2v) is 10.0. The molecule has 3 aromatic rings. The molecule has 1 aliphatic rings. The van der Waals surface area contributed by atoms with E-state index in [2.05, 4.69) is 5.32 Å². The number of amides is 2. The second-order valence-electron chi connectivity index (χ2n) is 8.36. The van der Waals surface area contributed by atoms with Crippen LogP contribution in [0.4, 0.5) is 17.1 Å². The molecule has 1 saturated heterocycles. The van der Waals surface area contributed by atoms with Gasteiger partial charge < -0.3 is 14.8 Å². The van der Waals surface area contributed by atoms with Gasteiger partial charge in [0.1, 0.15) is 0 Å². The lowest BCUT2D eigenvalue weighted by Crippen LogP contribution is -2.28. The van der Waals surface area contributed by atoms with Crippen molar-refractivity contribution in [2.45, 2.75) is 13.8 Å². The van der Waals surface area contributed by atoms with Gasteiger partial charge in [-0.15, -0.1) is 0 Å². The zero-order chi connectivity index (χ0) is 27.4. The largest absolute Gasteiger partial charge is 0.493 e. The summed E-state index contributed by atoms with van der Waals surface area (Å²) in [7, 11) is 1.47. The molecule has 0 spiro atoms. The zero-order valence-electron chi connectivity index (χ0n) is 20.7. The average molecular weight is 550 g/mol. The first-order chi connectivity index (χ1) is 18.2. The first-order valence-electron chi connectivity index (χ1n) is 11.4. The lowest BCUT2D eigenvalue weighted by Gasteiger charge is -2.17. The van der Waals surface area contributed by atoms with E-state index < -0.39 is 10.8 Å². The Balaban J connectivity index is 1.45. The maximum absolute atomic E-state index is 13.2. The van der Waals surface area contributed by atoms with E-state index in [1.165, 1.54) is 42.0 Å². The molecule has 0 bridgehead atoms. The normalized spacial score (nSPS) is 14.1. The number of methoxy groups -OCH3 is 1. The summed E-state index contributed by atoms with van der Waals surface area (Å²) in [5.41, 5.74) is 3.66. The van der Waals surface area contributed by atoms with Crippen molar-refractivity contribution in [1.82, 2.24) is 0 Å². The van der Waals surface area contributed by atoms with Gasteiger partial charge in [-0.05, 0) is 55.3 Å². The summed E-state index contributed by atoms with van der Waals surface area (Å²) in [6.45, 7) is 3.59. The number of nitro groups is 1. The first-order valence-corrected chi connectivity index (χ1v) is 12.6. The molecule has 0 unspecified atom stereocenters. The number of thiocarbonyl (C=S) groups is 1. The fourth-order valence-corrected chi connectivity index (χ4v) is 5.10. The van der Waals surface area contributed by atoms with Gasteiger partial charge in [-0.3, -0.25) is 24.6 Å². The molecular weight excluding hydrogens is 526 g/mol. The molecule has 4 rings (SSSR count). The number of carbonyl (C=O) groups is 2. The summed E-state index contributed by atoms with van der Waals surface area (Å²) in [4.78, 5) is 37.9. The number of nitro benzene ring substituents is 1. The summed E-state index contributed by atoms with van der Waals surface area (Å²) < 4.78 is 11.5. The van der Waals surface area contributed by atoms with Crippen LogP contribution in [0.2, 0.25) is 0 Å². The monoisotopic (exact) mass is 549 g/mol. The van der Waals surface area contributed by atoms with E-state index in [4.69, 9.17) is 21.7 Å². The van der Waals surface area contributed by atoms with Crippen molar-refractivity contribution in [2.75, 3.05) is 23.9 Å². The number of benzene rings is 3. The van der Waals surface area contributed by atoms with Crippen molar-refractivity contribution < 1.29 is 24.0 Å². The number of rotatable bonds is 8. The van der Waals surface area contributed by atoms with Crippen LogP contribution >= 0.6 is 24.0 Å². The van der Waals surface area contributed by atoms with Crippen LogP contribution in [0, 0.1) is 24.0 Å². The Labute approximate surface area is 228 Å². The quantitative estimate of drug-likeness (QED) is 0.166. The third kappa shape index (κ3) is 6.01. The number of hydrogen-bond donors (Lipinski definition) is 1. The highest BCUT2D eigenvalue weighted by atomic mass is 32.2. The summed E-state index contributed by atoms with van der Waals surface area (Å²) in [6, 6.07) is 16.5. The van der Waals surface area contributed by atoms with Gasteiger partial charge in [-0.2, -0.15) is 0 Å². The van der Waals surface area contributed by atoms with E-state index in [1.807, 2.05) is 32.0 Å². The van der Waals surface area contributed by atoms with Gasteiger partial charge in [0.2, 0.25) is 0 Å². The molecule has 0 radical (unpaired) electrons. The molecular formula is C27H23N3O6S2. The van der Waals surface area contributed by atoms with Crippen LogP contribution in [0.1, 0.15) is 16.7 Å². The smallest absolute Gasteiger partial charge is 0.271 e. The van der Waals surface area contributed by atoms with Crippen LogP contribution < -0.4 is 19.7 Å². The molecule has 0 aliphatic carbocycles. The van der Waals surface area contributed by atoms with Gasteiger partial charge in [0.25, 0.3) is 17.5 Å². The SMILES string of the molecule is COc1cc(/C=C2/SC(=S)N(c3ccc(C)cc3C)C2=O)ccc1OCC(=O)Nc1cccc([N+](=O)[O-])c1. The number of nitrogens with zero attached hydrogens (tertiary/aromatic N) is 2. The van der Waals surface area contributed by atoms with Crippen molar-refractivity contribution in [3.63, 3.8) is 0 Å². The van der Waals surface area contributed by atoms with Gasteiger partial charge in [-0.25, -0.2) is 0 Å². The van der Waals surface area contributed by atoms with Crippen LogP contribution in [0.3, 0.4) is 0 Å². The van der Waals surface area contributed by atoms with E-state index >= 15 is 0 Å². The Bertz CT molecular complexity index is 1490. The van der Waals surface area contributed by atoms with Gasteiger partial charge in [0.15, 0.2) is 22.4 Å². The molecule has 0 saturated carbocycles. The number of nitrogens with one attached hydrogen (secondary N) is 1. The Morgan fingerprint density at radius 1 is 1.13 bits per heavy atom. The van der Waals surface area contributed by atoms with Crippen LogP contribution in [0.15, 0.2) is 65.6 Å². The van der Waals surface area contributed by atoms with E-state index in [0.717, 1.165) is 16.8 Å². The van der Waals surface area contributed by atoms with E-state index in [9.17, 15) is 19.7 Å². The topological polar surface area (TPSA) is 111 Å². The van der Waals surface area contributed by atoms with Crippen LogP contribution in [0.5, 0.6) is 11.5 Å². The fourth-order valence-electron chi connectivity index (χ4n) is 3.81. The lowest BCUT2D eigenvalue weighted by atomic mass is 10.1. The third-order valence-corrected chi connectivity index (χ3v) is 6.87. The number of non-ortho nitro benzene ring substituents is 1. The molecule has 1 N–H and O–H groups in total. The minimum absolute atomic E-state index is 0.133. The Kier molecular flexibility index (Phi) is 8.08. The summed E-state index contributed by atoms with van der Waals surface area (Å²) in [6.07, 6.45) is 1.73. The predicted molar refractivity (Wildman–Crippen MR) is 152 cm³/mol. The van der Waals surface area contributed by atoms with E-state index in [1.54, 1.807) is 30.3 Å². The maximum Gasteiger partial charge on any atom is 0.271 e. The van der Waals surface area contributed by atoms with Gasteiger partial charge >= 0.3 is 0 Å². The Hall–Kier alpha value is -4.22. The van der Waals surface area contributed by atoms with Crippen molar-refractivity contribution in [3.8, 4) is 11.5 Å². The standard InChI is InChI=1S/C27H23N3O6S2/c1-16-7-9-21(17(2)11-16)29-26(32)24(38-27(29)37)13-18-8-10-22(23(12-18)35-3)36-15-25(31)28-19-5-4-6-20(14-19)30(33)34/h4-14H,15H2,1-3H3,(H,28,31)/b24-13+. The highest BCUT2D eigenvalue weighted by Crippen LogP contribution is 2.38. The third-order valence-electron chi connectivity index (χ3n) is 5.57. The highest BCUT2D eigenvalue weighted by molar-refractivity contribution is 8.27. The molecule has 3 aromatic carbocycles. The molecule has 194 valence electrons. The van der Waals surface area contributed by atoms with Crippen molar-refractivity contribution in [2.24, 2.45) is 0 Å². The minimum Gasteiger partial charge on any atom is -0.493 e. The highest BCUT2D eigenvalue weighted by Gasteiger charge is 2.34. The fraction of sp³-hybridized carbons (Fsp3) is 0.148. The number of anilines is 2. The Morgan fingerprint density at radius 2 is 1.92 bits per heavy atom. The second kappa shape index (κ2) is 11.4. The van der Waals surface area contributed by atoms with Crippen LogP contribution in [0.25, 0.3) is 6.08 Å². The number of aryl methyl sites for hydroxylation is 2. The molecule has 11 heteroatoms. The Morgan fingerprint density at radius 3 is 2.63 bits per heavy atom. The number of carbonyl (C=O) groups excluding carboxylic acids is 2. The lowest BCUT2D eigenvalue weighted by molar-refractivity contribution is -0.384. The summed E-state index contributed by atoms with van der Waals surface area (Å²) in [5.74, 6) is -0.0100. The van der Waals surface area contributed by atoms with Crippen molar-refractivity contribution in [3.05, 3.63) is 92.4 Å². The molecule has 0 aromatic heterocycles. The van der Waals surface area contributed by atoms with Gasteiger partial charge in [-0.1, -0.05) is 53.8 Å². The van der Waals surface area contributed by atoms with E-state index in [-0.39, 0.29) is 23.9 Å². The zero-order valence-corrected chi connectivity index (χ0v) is 22.4. The maximum atomic E-state index is 13.2. The van der Waals surface area contributed by atoms with Crippen molar-refractivity contribution >= 4 is 63.3 Å². The molecule has 1 heterocycles.